The zero-order valence-electron chi connectivity index (χ0n) is 11.2. The summed E-state index contributed by atoms with van der Waals surface area (Å²) in [6.07, 6.45) is -0.564. The number of carbonyl (C=O) groups excluding carboxylic acids is 2. The molecule has 108 valence electrons. The number of hydrogen-bond donors (Lipinski definition) is 2. The minimum Gasteiger partial charge on any atom is -0.453 e. The molecule has 0 heterocycles. The zero-order chi connectivity index (χ0) is 15.2. The third-order valence-corrected chi connectivity index (χ3v) is 3.13. The predicted molar refractivity (Wildman–Crippen MR) is 84.6 cm³/mol. The van der Waals surface area contributed by atoms with Crippen LogP contribution in [0.15, 0.2) is 53.0 Å². The fourth-order valence-corrected chi connectivity index (χ4v) is 2.08. The van der Waals surface area contributed by atoms with Crippen LogP contribution in [-0.4, -0.2) is 19.1 Å². The summed E-state index contributed by atoms with van der Waals surface area (Å²) < 4.78 is 5.34. The van der Waals surface area contributed by atoms with Crippen molar-refractivity contribution in [1.29, 1.82) is 0 Å². The van der Waals surface area contributed by atoms with E-state index in [4.69, 9.17) is 0 Å². The first kappa shape index (κ1) is 15.1. The van der Waals surface area contributed by atoms with Crippen molar-refractivity contribution in [2.75, 3.05) is 17.7 Å². The molecule has 0 aromatic heterocycles. The van der Waals surface area contributed by atoms with E-state index in [9.17, 15) is 9.59 Å². The number of rotatable bonds is 3. The highest BCUT2D eigenvalue weighted by molar-refractivity contribution is 9.10. The number of carbonyl (C=O) groups is 2. The molecule has 0 aliphatic rings. The van der Waals surface area contributed by atoms with Crippen LogP contribution in [0.5, 0.6) is 0 Å². The number of amides is 2. The van der Waals surface area contributed by atoms with Crippen LogP contribution < -0.4 is 10.6 Å². The Morgan fingerprint density at radius 3 is 2.33 bits per heavy atom. The zero-order valence-corrected chi connectivity index (χ0v) is 12.8. The van der Waals surface area contributed by atoms with Crippen molar-refractivity contribution < 1.29 is 14.3 Å². The number of anilines is 2. The lowest BCUT2D eigenvalue weighted by Crippen LogP contribution is -2.13. The Kier molecular flexibility index (Phi) is 4.94. The molecule has 0 spiro atoms. The molecule has 0 radical (unpaired) electrons. The fraction of sp³-hybridized carbons (Fsp3) is 0.0667. The molecule has 0 fully saturated rings. The molecule has 2 N–H and O–H groups in total. The summed E-state index contributed by atoms with van der Waals surface area (Å²) in [5.74, 6) is -0.230. The van der Waals surface area contributed by atoms with Gasteiger partial charge in [0.05, 0.1) is 7.11 Å². The van der Waals surface area contributed by atoms with E-state index in [0.29, 0.717) is 16.9 Å². The van der Waals surface area contributed by atoms with Crippen molar-refractivity contribution in [3.63, 3.8) is 0 Å². The van der Waals surface area contributed by atoms with Crippen LogP contribution in [0.2, 0.25) is 0 Å². The van der Waals surface area contributed by atoms with Gasteiger partial charge in [-0.1, -0.05) is 28.1 Å². The summed E-state index contributed by atoms with van der Waals surface area (Å²) in [4.78, 5) is 23.3. The Labute approximate surface area is 130 Å². The highest BCUT2D eigenvalue weighted by Crippen LogP contribution is 2.17. The van der Waals surface area contributed by atoms with Gasteiger partial charge in [0.25, 0.3) is 5.91 Å². The molecule has 6 heteroatoms. The number of ether oxygens (including phenoxy) is 1. The third-order valence-electron chi connectivity index (χ3n) is 2.64. The highest BCUT2D eigenvalue weighted by atomic mass is 79.9. The second-order valence-corrected chi connectivity index (χ2v) is 5.08. The molecular weight excluding hydrogens is 336 g/mol. The number of benzene rings is 2. The second kappa shape index (κ2) is 6.90. The summed E-state index contributed by atoms with van der Waals surface area (Å²) in [5.41, 5.74) is 1.65. The maximum Gasteiger partial charge on any atom is 0.411 e. The van der Waals surface area contributed by atoms with Crippen molar-refractivity contribution in [3.8, 4) is 0 Å². The van der Waals surface area contributed by atoms with Gasteiger partial charge in [-0.25, -0.2) is 4.79 Å². The van der Waals surface area contributed by atoms with Crippen LogP contribution in [0.25, 0.3) is 0 Å². The van der Waals surface area contributed by atoms with Gasteiger partial charge in [-0.3, -0.25) is 10.1 Å². The van der Waals surface area contributed by atoms with Gasteiger partial charge in [-0.05, 0) is 36.4 Å². The number of methoxy groups -OCH3 is 1. The first-order chi connectivity index (χ1) is 10.1. The molecule has 2 aromatic rings. The van der Waals surface area contributed by atoms with E-state index in [0.717, 1.165) is 4.47 Å². The molecule has 21 heavy (non-hydrogen) atoms. The lowest BCUT2D eigenvalue weighted by atomic mass is 10.2. The number of nitrogens with one attached hydrogen (secondary N) is 2. The predicted octanol–water partition coefficient (Wildman–Crippen LogP) is 3.88. The molecule has 2 amide bonds. The van der Waals surface area contributed by atoms with E-state index in [-0.39, 0.29) is 5.91 Å². The van der Waals surface area contributed by atoms with E-state index in [1.54, 1.807) is 42.5 Å². The topological polar surface area (TPSA) is 67.4 Å². The minimum absolute atomic E-state index is 0.230. The van der Waals surface area contributed by atoms with Crippen LogP contribution in [0.4, 0.5) is 16.2 Å². The molecule has 0 bridgehead atoms. The quantitative estimate of drug-likeness (QED) is 0.884. The molecule has 0 atom stereocenters. The largest absolute Gasteiger partial charge is 0.453 e. The summed E-state index contributed by atoms with van der Waals surface area (Å²) in [7, 11) is 1.29. The number of hydrogen-bond acceptors (Lipinski definition) is 3. The molecule has 2 aromatic carbocycles. The van der Waals surface area contributed by atoms with Crippen LogP contribution >= 0.6 is 15.9 Å². The summed E-state index contributed by atoms with van der Waals surface area (Å²) in [6.45, 7) is 0. The maximum atomic E-state index is 12.1. The van der Waals surface area contributed by atoms with Gasteiger partial charge in [0.15, 0.2) is 0 Å². The summed E-state index contributed by atoms with van der Waals surface area (Å²) in [6, 6.07) is 13.9. The van der Waals surface area contributed by atoms with Crippen LogP contribution in [0.1, 0.15) is 10.4 Å². The molecule has 0 unspecified atom stereocenters. The van der Waals surface area contributed by atoms with Gasteiger partial charge >= 0.3 is 6.09 Å². The SMILES string of the molecule is COC(=O)Nc1cccc(NC(=O)c2cccc(Br)c2)c1. The van der Waals surface area contributed by atoms with Crippen molar-refractivity contribution in [2.45, 2.75) is 0 Å². The molecule has 0 saturated heterocycles. The van der Waals surface area contributed by atoms with Crippen LogP contribution in [0.3, 0.4) is 0 Å². The molecular formula is C15H13BrN2O3. The van der Waals surface area contributed by atoms with E-state index < -0.39 is 6.09 Å². The Morgan fingerprint density at radius 1 is 1.00 bits per heavy atom. The van der Waals surface area contributed by atoms with E-state index in [1.807, 2.05) is 6.07 Å². The molecule has 0 aliphatic carbocycles. The Bertz CT molecular complexity index is 673. The van der Waals surface area contributed by atoms with Crippen LogP contribution in [0, 0.1) is 0 Å². The van der Waals surface area contributed by atoms with E-state index in [2.05, 4.69) is 31.3 Å². The monoisotopic (exact) mass is 348 g/mol. The summed E-state index contributed by atoms with van der Waals surface area (Å²) in [5, 5.41) is 5.30. The Morgan fingerprint density at radius 2 is 1.67 bits per heavy atom. The Hall–Kier alpha value is -2.34. The maximum absolute atomic E-state index is 12.1. The molecule has 0 aliphatic heterocycles. The smallest absolute Gasteiger partial charge is 0.411 e. The average molecular weight is 349 g/mol. The highest BCUT2D eigenvalue weighted by Gasteiger charge is 2.07. The third kappa shape index (κ3) is 4.32. The van der Waals surface area contributed by atoms with Crippen molar-refractivity contribution in [1.82, 2.24) is 0 Å². The molecule has 0 saturated carbocycles. The first-order valence-corrected chi connectivity index (χ1v) is 6.90. The average Bonchev–Trinajstić information content (AvgIpc) is 2.47. The van der Waals surface area contributed by atoms with Crippen molar-refractivity contribution >= 4 is 39.3 Å². The lowest BCUT2D eigenvalue weighted by Gasteiger charge is -2.08. The fourth-order valence-electron chi connectivity index (χ4n) is 1.68. The minimum atomic E-state index is -0.564. The normalized spacial score (nSPS) is 9.81. The molecule has 5 nitrogen and oxygen atoms in total. The van der Waals surface area contributed by atoms with E-state index in [1.165, 1.54) is 7.11 Å². The van der Waals surface area contributed by atoms with E-state index >= 15 is 0 Å². The van der Waals surface area contributed by atoms with Gasteiger partial charge in [0, 0.05) is 21.4 Å². The number of halogens is 1. The first-order valence-electron chi connectivity index (χ1n) is 6.10. The van der Waals surface area contributed by atoms with Gasteiger partial charge in [-0.15, -0.1) is 0 Å². The van der Waals surface area contributed by atoms with Crippen LogP contribution in [-0.2, 0) is 4.74 Å². The standard InChI is InChI=1S/C15H13BrN2O3/c1-21-15(20)18-13-7-3-6-12(9-13)17-14(19)10-4-2-5-11(16)8-10/h2-9H,1H3,(H,17,19)(H,18,20). The van der Waals surface area contributed by atoms with Gasteiger partial charge in [0.2, 0.25) is 0 Å². The van der Waals surface area contributed by atoms with Gasteiger partial charge in [-0.2, -0.15) is 0 Å². The van der Waals surface area contributed by atoms with Crippen molar-refractivity contribution in [3.05, 3.63) is 58.6 Å². The molecule has 2 rings (SSSR count). The van der Waals surface area contributed by atoms with Gasteiger partial charge in [0.1, 0.15) is 0 Å². The summed E-state index contributed by atoms with van der Waals surface area (Å²) >= 11 is 3.32. The van der Waals surface area contributed by atoms with Gasteiger partial charge < -0.3 is 10.1 Å². The van der Waals surface area contributed by atoms with Crippen molar-refractivity contribution in [2.24, 2.45) is 0 Å². The lowest BCUT2D eigenvalue weighted by molar-refractivity contribution is 0.102. The second-order valence-electron chi connectivity index (χ2n) is 4.16. The Balaban J connectivity index is 2.11.